The molecule has 0 aliphatic heterocycles. The van der Waals surface area contributed by atoms with Crippen molar-refractivity contribution in [2.75, 3.05) is 7.05 Å². The van der Waals surface area contributed by atoms with Crippen LogP contribution in [0.3, 0.4) is 0 Å². The van der Waals surface area contributed by atoms with E-state index in [4.69, 9.17) is 4.52 Å². The summed E-state index contributed by atoms with van der Waals surface area (Å²) in [5.74, 6) is 1.23. The molecule has 8 heteroatoms. The number of nitrogens with one attached hydrogen (secondary N) is 1. The third-order valence-electron chi connectivity index (χ3n) is 3.39. The van der Waals surface area contributed by atoms with Gasteiger partial charge in [-0.3, -0.25) is 4.68 Å². The van der Waals surface area contributed by atoms with Gasteiger partial charge < -0.3 is 9.84 Å². The van der Waals surface area contributed by atoms with Crippen LogP contribution in [0.1, 0.15) is 18.4 Å². The second kappa shape index (κ2) is 5.98. The van der Waals surface area contributed by atoms with Gasteiger partial charge in [0.1, 0.15) is 9.88 Å². The Hall–Kier alpha value is -2.06. The van der Waals surface area contributed by atoms with Crippen molar-refractivity contribution in [2.45, 2.75) is 26.3 Å². The van der Waals surface area contributed by atoms with Crippen LogP contribution in [0.4, 0.5) is 0 Å². The first-order chi connectivity index (χ1) is 10.6. The van der Waals surface area contributed by atoms with Gasteiger partial charge in [0, 0.05) is 31.3 Å². The smallest absolute Gasteiger partial charge is 0.269 e. The van der Waals surface area contributed by atoms with Crippen molar-refractivity contribution < 1.29 is 4.52 Å². The fourth-order valence-electron chi connectivity index (χ4n) is 2.06. The Balaban J connectivity index is 1.87. The lowest BCUT2D eigenvalue weighted by atomic mass is 10.2. The van der Waals surface area contributed by atoms with E-state index in [9.17, 15) is 0 Å². The van der Waals surface area contributed by atoms with Crippen LogP contribution in [0, 0.1) is 6.92 Å². The molecule has 1 unspecified atom stereocenters. The molecule has 3 heterocycles. The van der Waals surface area contributed by atoms with Crippen LogP contribution in [0.2, 0.25) is 0 Å². The fourth-order valence-corrected chi connectivity index (χ4v) is 3.02. The maximum atomic E-state index is 5.39. The highest BCUT2D eigenvalue weighted by Crippen LogP contribution is 2.34. The van der Waals surface area contributed by atoms with E-state index in [0.717, 1.165) is 27.6 Å². The predicted octanol–water partition coefficient (Wildman–Crippen LogP) is 2.05. The monoisotopic (exact) mass is 318 g/mol. The lowest BCUT2D eigenvalue weighted by Gasteiger charge is -2.04. The maximum absolute atomic E-state index is 5.39. The molecule has 116 valence electrons. The number of hydrogen-bond acceptors (Lipinski definition) is 7. The number of rotatable bonds is 5. The van der Waals surface area contributed by atoms with Crippen molar-refractivity contribution in [1.29, 1.82) is 0 Å². The van der Waals surface area contributed by atoms with E-state index in [0.29, 0.717) is 17.8 Å². The second-order valence-electron chi connectivity index (χ2n) is 5.25. The first-order valence-electron chi connectivity index (χ1n) is 7.03. The van der Waals surface area contributed by atoms with Gasteiger partial charge in [-0.05, 0) is 20.9 Å². The molecule has 0 radical (unpaired) electrons. The Morgan fingerprint density at radius 2 is 2.23 bits per heavy atom. The van der Waals surface area contributed by atoms with E-state index in [2.05, 4.69) is 32.5 Å². The number of aromatic nitrogens is 5. The number of likely N-dealkylation sites (N-methyl/N-ethyl adjacent to an activating group) is 1. The molecular formula is C14H18N6OS. The number of aryl methyl sites for hydroxylation is 2. The zero-order valence-corrected chi connectivity index (χ0v) is 13.8. The highest BCUT2D eigenvalue weighted by Gasteiger charge is 2.18. The van der Waals surface area contributed by atoms with Crippen LogP contribution in [0.5, 0.6) is 0 Å². The van der Waals surface area contributed by atoms with E-state index in [-0.39, 0.29) is 0 Å². The molecule has 7 nitrogen and oxygen atoms in total. The number of hydrogen-bond donors (Lipinski definition) is 1. The first-order valence-corrected chi connectivity index (χ1v) is 7.85. The summed E-state index contributed by atoms with van der Waals surface area (Å²) in [6.45, 7) is 4.03. The molecule has 0 aliphatic rings. The largest absolute Gasteiger partial charge is 0.333 e. The molecule has 0 spiro atoms. The third-order valence-corrected chi connectivity index (χ3v) is 4.59. The standard InChI is InChI=1S/C14H18N6OS/c1-8(15-3)5-11-18-13(21-19-11)12-9(2)17-14(22-12)10-6-16-20(4)7-10/h6-8,15H,5H2,1-4H3. The zero-order chi connectivity index (χ0) is 15.7. The lowest BCUT2D eigenvalue weighted by Crippen LogP contribution is -2.24. The molecule has 0 amide bonds. The summed E-state index contributed by atoms with van der Waals surface area (Å²) in [5.41, 5.74) is 1.88. The fraction of sp³-hybridized carbons (Fsp3) is 0.429. The highest BCUT2D eigenvalue weighted by atomic mass is 32.1. The molecule has 3 aromatic rings. The van der Waals surface area contributed by atoms with Crippen molar-refractivity contribution in [3.05, 3.63) is 23.9 Å². The lowest BCUT2D eigenvalue weighted by molar-refractivity contribution is 0.418. The average Bonchev–Trinajstić information content (AvgIpc) is 3.19. The molecule has 0 bridgehead atoms. The van der Waals surface area contributed by atoms with E-state index in [1.807, 2.05) is 27.2 Å². The summed E-state index contributed by atoms with van der Waals surface area (Å²) in [6.07, 6.45) is 4.47. The summed E-state index contributed by atoms with van der Waals surface area (Å²) in [4.78, 5) is 9.97. The molecule has 0 saturated carbocycles. The van der Waals surface area contributed by atoms with Crippen molar-refractivity contribution in [1.82, 2.24) is 30.2 Å². The van der Waals surface area contributed by atoms with Crippen LogP contribution in [0.25, 0.3) is 21.3 Å². The molecule has 3 rings (SSSR count). The van der Waals surface area contributed by atoms with Crippen LogP contribution < -0.4 is 5.32 Å². The summed E-state index contributed by atoms with van der Waals surface area (Å²) < 4.78 is 7.15. The van der Waals surface area contributed by atoms with E-state index >= 15 is 0 Å². The SMILES string of the molecule is CNC(C)Cc1noc(-c2sc(-c3cnn(C)c3)nc2C)n1. The molecule has 0 saturated heterocycles. The number of nitrogens with zero attached hydrogens (tertiary/aromatic N) is 5. The minimum atomic E-state index is 0.305. The molecule has 0 aliphatic carbocycles. The second-order valence-corrected chi connectivity index (χ2v) is 6.24. The van der Waals surface area contributed by atoms with E-state index in [1.165, 1.54) is 0 Å². The van der Waals surface area contributed by atoms with Gasteiger partial charge in [-0.1, -0.05) is 5.16 Å². The first kappa shape index (κ1) is 14.9. The molecule has 0 aromatic carbocycles. The Bertz CT molecular complexity index is 774. The molecule has 0 fully saturated rings. The van der Waals surface area contributed by atoms with Crippen molar-refractivity contribution >= 4 is 11.3 Å². The predicted molar refractivity (Wildman–Crippen MR) is 84.6 cm³/mol. The molecule has 3 aromatic heterocycles. The topological polar surface area (TPSA) is 81.7 Å². The quantitative estimate of drug-likeness (QED) is 0.775. The summed E-state index contributed by atoms with van der Waals surface area (Å²) in [7, 11) is 3.80. The zero-order valence-electron chi connectivity index (χ0n) is 13.0. The third kappa shape index (κ3) is 2.93. The molecular weight excluding hydrogens is 300 g/mol. The molecule has 1 atom stereocenters. The molecule has 22 heavy (non-hydrogen) atoms. The minimum absolute atomic E-state index is 0.305. The Labute approximate surface area is 132 Å². The van der Waals surface area contributed by atoms with Crippen LogP contribution in [0.15, 0.2) is 16.9 Å². The summed E-state index contributed by atoms with van der Waals surface area (Å²) >= 11 is 1.54. The summed E-state index contributed by atoms with van der Waals surface area (Å²) in [5, 5.41) is 12.3. The van der Waals surface area contributed by atoms with Crippen LogP contribution in [-0.2, 0) is 13.5 Å². The minimum Gasteiger partial charge on any atom is -0.333 e. The van der Waals surface area contributed by atoms with Gasteiger partial charge in [0.25, 0.3) is 5.89 Å². The van der Waals surface area contributed by atoms with Gasteiger partial charge in [-0.25, -0.2) is 4.98 Å². The molecule has 1 N–H and O–H groups in total. The van der Waals surface area contributed by atoms with Crippen LogP contribution >= 0.6 is 11.3 Å². The van der Waals surface area contributed by atoms with E-state index in [1.54, 1.807) is 22.2 Å². The normalized spacial score (nSPS) is 12.7. The van der Waals surface area contributed by atoms with Gasteiger partial charge in [0.05, 0.1) is 11.9 Å². The number of thiazole rings is 1. The van der Waals surface area contributed by atoms with Gasteiger partial charge in [-0.15, -0.1) is 11.3 Å². The van der Waals surface area contributed by atoms with Crippen molar-refractivity contribution in [3.8, 4) is 21.3 Å². The highest BCUT2D eigenvalue weighted by molar-refractivity contribution is 7.18. The van der Waals surface area contributed by atoms with Crippen molar-refractivity contribution in [2.24, 2.45) is 7.05 Å². The van der Waals surface area contributed by atoms with Crippen LogP contribution in [-0.4, -0.2) is 38.0 Å². The van der Waals surface area contributed by atoms with Gasteiger partial charge in [-0.2, -0.15) is 10.1 Å². The van der Waals surface area contributed by atoms with Gasteiger partial charge in [0.2, 0.25) is 0 Å². The average molecular weight is 318 g/mol. The Morgan fingerprint density at radius 1 is 1.41 bits per heavy atom. The van der Waals surface area contributed by atoms with Crippen molar-refractivity contribution in [3.63, 3.8) is 0 Å². The van der Waals surface area contributed by atoms with Gasteiger partial charge in [0.15, 0.2) is 5.82 Å². The van der Waals surface area contributed by atoms with E-state index < -0.39 is 0 Å². The summed E-state index contributed by atoms with van der Waals surface area (Å²) in [6, 6.07) is 0.305. The Kier molecular flexibility index (Phi) is 4.04. The Morgan fingerprint density at radius 3 is 2.91 bits per heavy atom. The van der Waals surface area contributed by atoms with Gasteiger partial charge >= 0.3 is 0 Å². The maximum Gasteiger partial charge on any atom is 0.269 e.